The van der Waals surface area contributed by atoms with Crippen LogP contribution in [0.1, 0.15) is 18.9 Å². The van der Waals surface area contributed by atoms with Gasteiger partial charge in [0.05, 0.1) is 19.6 Å². The molecule has 2 N–H and O–H groups in total. The predicted molar refractivity (Wildman–Crippen MR) is 86.4 cm³/mol. The molecule has 1 unspecified atom stereocenters. The lowest BCUT2D eigenvalue weighted by atomic mass is 10.2. The maximum atomic E-state index is 12.0. The van der Waals surface area contributed by atoms with Crippen molar-refractivity contribution in [3.63, 3.8) is 0 Å². The van der Waals surface area contributed by atoms with Crippen LogP contribution in [0.2, 0.25) is 0 Å². The van der Waals surface area contributed by atoms with Crippen molar-refractivity contribution in [3.05, 3.63) is 29.8 Å². The Labute approximate surface area is 136 Å². The maximum absolute atomic E-state index is 12.0. The van der Waals surface area contributed by atoms with Gasteiger partial charge in [0.1, 0.15) is 5.75 Å². The van der Waals surface area contributed by atoms with Crippen LogP contribution in [0, 0.1) is 0 Å². The molecule has 0 bridgehead atoms. The van der Waals surface area contributed by atoms with Crippen LogP contribution in [-0.4, -0.2) is 48.6 Å². The van der Waals surface area contributed by atoms with Crippen LogP contribution in [0.5, 0.6) is 5.75 Å². The highest BCUT2D eigenvalue weighted by atomic mass is 35.5. The molecule has 0 saturated carbocycles. The Morgan fingerprint density at radius 3 is 2.68 bits per heavy atom. The van der Waals surface area contributed by atoms with Gasteiger partial charge in [-0.05, 0) is 31.7 Å². The molecule has 0 fully saturated rings. The molecule has 22 heavy (non-hydrogen) atoms. The first-order valence-electron chi connectivity index (χ1n) is 6.76. The summed E-state index contributed by atoms with van der Waals surface area (Å²) < 4.78 is 5.13. The molecule has 1 atom stereocenters. The molecular weight excluding hydrogens is 308 g/mol. The van der Waals surface area contributed by atoms with E-state index >= 15 is 0 Å². The van der Waals surface area contributed by atoms with Gasteiger partial charge in [-0.2, -0.15) is 0 Å². The number of carboxylic acid groups (broad SMARTS) is 1. The van der Waals surface area contributed by atoms with E-state index in [0.717, 1.165) is 11.3 Å². The van der Waals surface area contributed by atoms with Gasteiger partial charge in [-0.15, -0.1) is 12.4 Å². The second-order valence-corrected chi connectivity index (χ2v) is 4.87. The molecule has 7 heteroatoms. The number of methoxy groups -OCH3 is 1. The van der Waals surface area contributed by atoms with E-state index in [0.29, 0.717) is 13.1 Å². The monoisotopic (exact) mass is 330 g/mol. The molecule has 1 aromatic carbocycles. The Bertz CT molecular complexity index is 496. The zero-order valence-corrected chi connectivity index (χ0v) is 13.9. The van der Waals surface area contributed by atoms with Crippen LogP contribution in [0.25, 0.3) is 0 Å². The lowest BCUT2D eigenvalue weighted by Crippen LogP contribution is -2.43. The molecule has 1 aromatic rings. The number of nitrogens with zero attached hydrogens (tertiary/aromatic N) is 1. The number of aliphatic carboxylic acids is 1. The summed E-state index contributed by atoms with van der Waals surface area (Å²) in [4.78, 5) is 24.3. The van der Waals surface area contributed by atoms with Crippen LogP contribution in [-0.2, 0) is 16.1 Å². The van der Waals surface area contributed by atoms with Gasteiger partial charge in [-0.1, -0.05) is 12.1 Å². The molecule has 0 aliphatic carbocycles. The Kier molecular flexibility index (Phi) is 9.21. The van der Waals surface area contributed by atoms with Crippen LogP contribution in [0.15, 0.2) is 24.3 Å². The number of rotatable bonds is 8. The highest BCUT2D eigenvalue weighted by Gasteiger charge is 2.18. The molecule has 0 radical (unpaired) electrons. The number of amides is 1. The summed E-state index contributed by atoms with van der Waals surface area (Å²) in [5.41, 5.74) is 0.947. The maximum Gasteiger partial charge on any atom is 0.304 e. The number of ether oxygens (including phenoxy) is 1. The number of carbonyl (C=O) groups excluding carboxylic acids is 1. The number of hydrogen-bond acceptors (Lipinski definition) is 4. The van der Waals surface area contributed by atoms with Crippen LogP contribution in [0.4, 0.5) is 0 Å². The lowest BCUT2D eigenvalue weighted by Gasteiger charge is -2.23. The molecule has 0 aliphatic rings. The average molecular weight is 331 g/mol. The summed E-state index contributed by atoms with van der Waals surface area (Å²) in [6.45, 7) is 2.50. The van der Waals surface area contributed by atoms with Gasteiger partial charge in [0.15, 0.2) is 0 Å². The Morgan fingerprint density at radius 2 is 2.09 bits per heavy atom. The first kappa shape index (κ1) is 20.2. The highest BCUT2D eigenvalue weighted by molar-refractivity contribution is 5.85. The zero-order chi connectivity index (χ0) is 15.8. The second kappa shape index (κ2) is 10.0. The Morgan fingerprint density at radius 1 is 1.41 bits per heavy atom. The summed E-state index contributed by atoms with van der Waals surface area (Å²) in [6, 6.07) is 7.09. The van der Waals surface area contributed by atoms with E-state index in [1.54, 1.807) is 26.0 Å². The smallest absolute Gasteiger partial charge is 0.304 e. The first-order chi connectivity index (χ1) is 9.93. The third-order valence-corrected chi connectivity index (χ3v) is 3.32. The summed E-state index contributed by atoms with van der Waals surface area (Å²) in [7, 11) is 3.33. The van der Waals surface area contributed by atoms with Gasteiger partial charge in [0, 0.05) is 13.1 Å². The third-order valence-electron chi connectivity index (χ3n) is 3.32. The first-order valence-corrected chi connectivity index (χ1v) is 6.76. The minimum Gasteiger partial charge on any atom is -0.497 e. The lowest BCUT2D eigenvalue weighted by molar-refractivity contribution is -0.138. The van der Waals surface area contributed by atoms with Crippen molar-refractivity contribution >= 4 is 24.3 Å². The quantitative estimate of drug-likeness (QED) is 0.755. The van der Waals surface area contributed by atoms with Gasteiger partial charge in [0.2, 0.25) is 5.91 Å². The van der Waals surface area contributed by atoms with Crippen molar-refractivity contribution in [3.8, 4) is 5.75 Å². The average Bonchev–Trinajstić information content (AvgIpc) is 2.49. The fourth-order valence-corrected chi connectivity index (χ4v) is 1.79. The molecule has 1 amide bonds. The van der Waals surface area contributed by atoms with E-state index < -0.39 is 5.97 Å². The second-order valence-electron chi connectivity index (χ2n) is 4.87. The molecule has 0 aromatic heterocycles. The number of nitrogens with one attached hydrogen (secondary N) is 1. The minimum absolute atomic E-state index is 0. The fraction of sp³-hybridized carbons (Fsp3) is 0.467. The highest BCUT2D eigenvalue weighted by Crippen LogP contribution is 2.12. The summed E-state index contributed by atoms with van der Waals surface area (Å²) in [6.07, 6.45) is 0.0179. The predicted octanol–water partition coefficient (Wildman–Crippen LogP) is 1.53. The number of likely N-dealkylation sites (N-methyl/N-ethyl adjacent to an activating group) is 1. The molecule has 124 valence electrons. The number of carboxylic acids is 1. The van der Waals surface area contributed by atoms with Gasteiger partial charge in [-0.25, -0.2) is 0 Å². The topological polar surface area (TPSA) is 78.9 Å². The van der Waals surface area contributed by atoms with Crippen LogP contribution >= 0.6 is 12.4 Å². The van der Waals surface area contributed by atoms with Crippen molar-refractivity contribution in [1.82, 2.24) is 10.2 Å². The number of hydrogen-bond donors (Lipinski definition) is 2. The number of halogens is 1. The van der Waals surface area contributed by atoms with Gasteiger partial charge in [-0.3, -0.25) is 14.5 Å². The van der Waals surface area contributed by atoms with E-state index in [1.807, 2.05) is 24.3 Å². The van der Waals surface area contributed by atoms with Crippen molar-refractivity contribution in [1.29, 1.82) is 0 Å². The summed E-state index contributed by atoms with van der Waals surface area (Å²) in [5, 5.41) is 11.5. The molecule has 0 spiro atoms. The van der Waals surface area contributed by atoms with Crippen molar-refractivity contribution in [2.75, 3.05) is 20.7 Å². The molecule has 0 aliphatic heterocycles. The van der Waals surface area contributed by atoms with Gasteiger partial charge < -0.3 is 15.2 Å². The third kappa shape index (κ3) is 6.78. The van der Waals surface area contributed by atoms with Crippen molar-refractivity contribution in [2.45, 2.75) is 25.9 Å². The fourth-order valence-electron chi connectivity index (χ4n) is 1.79. The van der Waals surface area contributed by atoms with E-state index in [1.165, 1.54) is 0 Å². The number of benzene rings is 1. The normalized spacial score (nSPS) is 11.5. The Balaban J connectivity index is 0.00000441. The van der Waals surface area contributed by atoms with E-state index in [9.17, 15) is 9.59 Å². The molecular formula is C15H23ClN2O4. The summed E-state index contributed by atoms with van der Waals surface area (Å²) in [5.74, 6) is -0.259. The largest absolute Gasteiger partial charge is 0.497 e. The standard InChI is InChI=1S/C15H22N2O4.ClH/c1-11(17(2)8-7-14(18)19)15(20)16-10-12-5-4-6-13(9-12)21-3;/h4-6,9,11H,7-8,10H2,1-3H3,(H,16,20)(H,18,19);1H. The molecule has 6 nitrogen and oxygen atoms in total. The van der Waals surface area contributed by atoms with Crippen LogP contribution in [0.3, 0.4) is 0 Å². The van der Waals surface area contributed by atoms with Crippen molar-refractivity contribution < 1.29 is 19.4 Å². The van der Waals surface area contributed by atoms with Gasteiger partial charge >= 0.3 is 5.97 Å². The summed E-state index contributed by atoms with van der Waals surface area (Å²) >= 11 is 0. The SMILES string of the molecule is COc1cccc(CNC(=O)C(C)N(C)CCC(=O)O)c1.Cl. The molecule has 0 heterocycles. The van der Waals surface area contributed by atoms with Crippen molar-refractivity contribution in [2.24, 2.45) is 0 Å². The molecule has 0 saturated heterocycles. The Hall–Kier alpha value is -1.79. The van der Waals surface area contributed by atoms with E-state index in [4.69, 9.17) is 9.84 Å². The van der Waals surface area contributed by atoms with E-state index in [-0.39, 0.29) is 30.8 Å². The minimum atomic E-state index is -0.870. The zero-order valence-electron chi connectivity index (χ0n) is 13.0. The number of carbonyl (C=O) groups is 2. The molecule has 1 rings (SSSR count). The van der Waals surface area contributed by atoms with Gasteiger partial charge in [0.25, 0.3) is 0 Å². The van der Waals surface area contributed by atoms with E-state index in [2.05, 4.69) is 5.32 Å². The van der Waals surface area contributed by atoms with Crippen LogP contribution < -0.4 is 10.1 Å².